The number of barbiturate groups is 1. The molecule has 1 saturated heterocycles. The molecule has 1 aliphatic rings. The van der Waals surface area contributed by atoms with Gasteiger partial charge in [0, 0.05) is 17.1 Å². The molecule has 1 N–H and O–H groups in total. The van der Waals surface area contributed by atoms with E-state index in [0.717, 1.165) is 44.2 Å². The predicted octanol–water partition coefficient (Wildman–Crippen LogP) is 4.99. The van der Waals surface area contributed by atoms with Gasteiger partial charge in [0.05, 0.1) is 5.69 Å². The first-order valence-electron chi connectivity index (χ1n) is 10.8. The van der Waals surface area contributed by atoms with Crippen molar-refractivity contribution in [2.45, 2.75) is 41.5 Å². The van der Waals surface area contributed by atoms with Gasteiger partial charge in [0.2, 0.25) is 0 Å². The van der Waals surface area contributed by atoms with E-state index in [9.17, 15) is 14.4 Å². The number of carbonyl (C=O) groups excluding carboxylic acids is 3. The SMILES string of the molecule is Cc1ccc(N2C(=O)NC(=O)/C(=C\c3cc(C)n(-c4cccc(C)c4C)c3C)C2=O)cc1C. The maximum Gasteiger partial charge on any atom is 0.335 e. The largest absolute Gasteiger partial charge is 0.335 e. The van der Waals surface area contributed by atoms with Crippen LogP contribution in [0.15, 0.2) is 48.0 Å². The van der Waals surface area contributed by atoms with E-state index in [2.05, 4.69) is 35.9 Å². The van der Waals surface area contributed by atoms with Gasteiger partial charge < -0.3 is 4.57 Å². The van der Waals surface area contributed by atoms with E-state index in [1.807, 2.05) is 45.9 Å². The van der Waals surface area contributed by atoms with E-state index in [4.69, 9.17) is 0 Å². The first-order valence-corrected chi connectivity index (χ1v) is 10.8. The van der Waals surface area contributed by atoms with Crippen LogP contribution in [-0.2, 0) is 9.59 Å². The molecule has 0 unspecified atom stereocenters. The molecule has 2 heterocycles. The van der Waals surface area contributed by atoms with E-state index in [-0.39, 0.29) is 5.57 Å². The minimum Gasteiger partial charge on any atom is -0.318 e. The fourth-order valence-electron chi connectivity index (χ4n) is 4.19. The highest BCUT2D eigenvalue weighted by molar-refractivity contribution is 6.39. The van der Waals surface area contributed by atoms with Crippen molar-refractivity contribution in [1.29, 1.82) is 0 Å². The van der Waals surface area contributed by atoms with Crippen LogP contribution in [-0.4, -0.2) is 22.4 Å². The molecule has 4 amide bonds. The summed E-state index contributed by atoms with van der Waals surface area (Å²) in [6.07, 6.45) is 1.57. The van der Waals surface area contributed by atoms with E-state index in [0.29, 0.717) is 5.69 Å². The molecule has 168 valence electrons. The van der Waals surface area contributed by atoms with Gasteiger partial charge in [-0.1, -0.05) is 18.2 Å². The van der Waals surface area contributed by atoms with Crippen LogP contribution in [0.3, 0.4) is 0 Å². The number of rotatable bonds is 3. The molecule has 0 radical (unpaired) electrons. The topological polar surface area (TPSA) is 71.4 Å². The lowest BCUT2D eigenvalue weighted by atomic mass is 10.1. The second kappa shape index (κ2) is 8.20. The normalized spacial score (nSPS) is 15.4. The Balaban J connectivity index is 1.79. The first-order chi connectivity index (χ1) is 15.6. The molecule has 0 bridgehead atoms. The Morgan fingerprint density at radius 1 is 0.818 bits per heavy atom. The smallest absolute Gasteiger partial charge is 0.318 e. The molecule has 0 aliphatic carbocycles. The first kappa shape index (κ1) is 22.3. The summed E-state index contributed by atoms with van der Waals surface area (Å²) in [6, 6.07) is 12.7. The monoisotopic (exact) mass is 441 g/mol. The maximum atomic E-state index is 13.3. The van der Waals surface area contributed by atoms with Gasteiger partial charge in [-0.15, -0.1) is 0 Å². The summed E-state index contributed by atoms with van der Waals surface area (Å²) in [5.74, 6) is -1.33. The zero-order valence-corrected chi connectivity index (χ0v) is 19.7. The summed E-state index contributed by atoms with van der Waals surface area (Å²) in [6.45, 7) is 12.0. The molecule has 0 spiro atoms. The molecule has 2 aromatic carbocycles. The van der Waals surface area contributed by atoms with Crippen LogP contribution in [0.5, 0.6) is 0 Å². The Bertz CT molecular complexity index is 1360. The van der Waals surface area contributed by atoms with Crippen LogP contribution in [0.4, 0.5) is 10.5 Å². The molecule has 4 rings (SSSR count). The molecule has 0 saturated carbocycles. The van der Waals surface area contributed by atoms with Crippen LogP contribution in [0.1, 0.15) is 39.2 Å². The lowest BCUT2D eigenvalue weighted by Crippen LogP contribution is -2.54. The molecule has 1 aliphatic heterocycles. The number of anilines is 1. The average molecular weight is 442 g/mol. The predicted molar refractivity (Wildman–Crippen MR) is 130 cm³/mol. The quantitative estimate of drug-likeness (QED) is 0.460. The summed E-state index contributed by atoms with van der Waals surface area (Å²) >= 11 is 0. The van der Waals surface area contributed by atoms with Gasteiger partial charge in [0.15, 0.2) is 0 Å². The van der Waals surface area contributed by atoms with E-state index in [1.54, 1.807) is 18.2 Å². The van der Waals surface area contributed by atoms with Gasteiger partial charge in [-0.3, -0.25) is 14.9 Å². The summed E-state index contributed by atoms with van der Waals surface area (Å²) < 4.78 is 2.12. The number of aromatic nitrogens is 1. The number of imide groups is 2. The molecule has 1 aromatic heterocycles. The number of nitrogens with zero attached hydrogens (tertiary/aromatic N) is 2. The number of aryl methyl sites for hydroxylation is 4. The zero-order chi connectivity index (χ0) is 24.0. The van der Waals surface area contributed by atoms with Gasteiger partial charge in [-0.2, -0.15) is 0 Å². The van der Waals surface area contributed by atoms with Gasteiger partial charge in [0.25, 0.3) is 11.8 Å². The van der Waals surface area contributed by atoms with Crippen molar-refractivity contribution in [3.05, 3.63) is 87.2 Å². The Hall–Kier alpha value is -3.93. The average Bonchev–Trinajstić information content (AvgIpc) is 3.03. The van der Waals surface area contributed by atoms with Crippen LogP contribution in [0, 0.1) is 41.5 Å². The van der Waals surface area contributed by atoms with Gasteiger partial charge >= 0.3 is 6.03 Å². The highest BCUT2D eigenvalue weighted by Crippen LogP contribution is 2.28. The molecule has 3 aromatic rings. The van der Waals surface area contributed by atoms with Crippen molar-refractivity contribution in [3.8, 4) is 5.69 Å². The minimum absolute atomic E-state index is 0.0750. The fourth-order valence-corrected chi connectivity index (χ4v) is 4.19. The van der Waals surface area contributed by atoms with Gasteiger partial charge in [-0.25, -0.2) is 9.69 Å². The summed E-state index contributed by atoms with van der Waals surface area (Å²) in [5, 5.41) is 2.30. The van der Waals surface area contributed by atoms with Gasteiger partial charge in [-0.05, 0) is 99.7 Å². The second-order valence-corrected chi connectivity index (χ2v) is 8.61. The highest BCUT2D eigenvalue weighted by atomic mass is 16.2. The summed E-state index contributed by atoms with van der Waals surface area (Å²) in [4.78, 5) is 39.5. The number of nitrogens with one attached hydrogen (secondary N) is 1. The van der Waals surface area contributed by atoms with Crippen LogP contribution < -0.4 is 10.2 Å². The van der Waals surface area contributed by atoms with Crippen LogP contribution in [0.25, 0.3) is 11.8 Å². The maximum absolute atomic E-state index is 13.3. The minimum atomic E-state index is -0.744. The molecular formula is C27H27N3O3. The third-order valence-corrected chi connectivity index (χ3v) is 6.44. The molecule has 33 heavy (non-hydrogen) atoms. The second-order valence-electron chi connectivity index (χ2n) is 8.61. The van der Waals surface area contributed by atoms with Crippen LogP contribution in [0.2, 0.25) is 0 Å². The standard InChI is InChI=1S/C27H27N3O3/c1-15-10-11-22(12-17(15)3)30-26(32)23(25(31)28-27(30)33)14-21-13-18(4)29(20(21)6)24-9-7-8-16(2)19(24)5/h7-14H,1-6H3,(H,28,31,33)/b23-14+. The number of benzene rings is 2. The Kier molecular flexibility index (Phi) is 5.54. The highest BCUT2D eigenvalue weighted by Gasteiger charge is 2.37. The molecule has 0 atom stereocenters. The Morgan fingerprint density at radius 3 is 2.24 bits per heavy atom. The number of amides is 4. The molecule has 1 fully saturated rings. The van der Waals surface area contributed by atoms with Crippen LogP contribution >= 0.6 is 0 Å². The lowest BCUT2D eigenvalue weighted by molar-refractivity contribution is -0.122. The van der Waals surface area contributed by atoms with Gasteiger partial charge in [0.1, 0.15) is 5.57 Å². The van der Waals surface area contributed by atoms with E-state index >= 15 is 0 Å². The van der Waals surface area contributed by atoms with Crippen molar-refractivity contribution in [3.63, 3.8) is 0 Å². The van der Waals surface area contributed by atoms with Crippen molar-refractivity contribution in [1.82, 2.24) is 9.88 Å². The Morgan fingerprint density at radius 2 is 1.55 bits per heavy atom. The third kappa shape index (κ3) is 3.78. The van der Waals surface area contributed by atoms with Crippen molar-refractivity contribution >= 4 is 29.6 Å². The molecule has 6 nitrogen and oxygen atoms in total. The number of carbonyl (C=O) groups is 3. The summed E-state index contributed by atoms with van der Waals surface area (Å²) in [5.41, 5.74) is 8.40. The number of hydrogen-bond donors (Lipinski definition) is 1. The lowest BCUT2D eigenvalue weighted by Gasteiger charge is -2.26. The number of urea groups is 1. The van der Waals surface area contributed by atoms with Crippen molar-refractivity contribution in [2.24, 2.45) is 0 Å². The van der Waals surface area contributed by atoms with E-state index in [1.165, 1.54) is 5.56 Å². The van der Waals surface area contributed by atoms with Crippen molar-refractivity contribution < 1.29 is 14.4 Å². The summed E-state index contributed by atoms with van der Waals surface area (Å²) in [7, 11) is 0. The fraction of sp³-hybridized carbons (Fsp3) is 0.222. The molecular weight excluding hydrogens is 414 g/mol. The Labute approximate surface area is 193 Å². The van der Waals surface area contributed by atoms with E-state index < -0.39 is 17.8 Å². The third-order valence-electron chi connectivity index (χ3n) is 6.44. The zero-order valence-electron chi connectivity index (χ0n) is 19.7. The number of hydrogen-bond acceptors (Lipinski definition) is 3. The van der Waals surface area contributed by atoms with Crippen molar-refractivity contribution in [2.75, 3.05) is 4.90 Å². The molecule has 6 heteroatoms.